The molecule has 3 nitrogen and oxygen atoms in total. The van der Waals surface area contributed by atoms with E-state index in [1.165, 1.54) is 27.8 Å². The molecule has 2 aliphatic rings. The van der Waals surface area contributed by atoms with E-state index in [9.17, 15) is 0 Å². The summed E-state index contributed by atoms with van der Waals surface area (Å²) in [6.07, 6.45) is 2.13. The van der Waals surface area contributed by atoms with Crippen molar-refractivity contribution in [3.8, 4) is 17.2 Å². The molecule has 0 fully saturated rings. The van der Waals surface area contributed by atoms with Crippen LogP contribution in [-0.4, -0.2) is 26.2 Å². The molecular formula is C27H27BrO3. The fourth-order valence-electron chi connectivity index (χ4n) is 5.51. The maximum atomic E-state index is 5.93. The summed E-state index contributed by atoms with van der Waals surface area (Å²) < 4.78 is 17.0. The molecule has 0 heterocycles. The van der Waals surface area contributed by atoms with Crippen LogP contribution in [0.5, 0.6) is 17.2 Å². The van der Waals surface area contributed by atoms with Crippen LogP contribution in [0, 0.1) is 5.92 Å². The van der Waals surface area contributed by atoms with Crippen molar-refractivity contribution in [2.75, 3.05) is 26.2 Å². The lowest BCUT2D eigenvalue weighted by molar-refractivity contribution is 0.342. The smallest absolute Gasteiger partial charge is 0.119 e. The Morgan fingerprint density at radius 3 is 2.42 bits per heavy atom. The quantitative estimate of drug-likeness (QED) is 0.399. The first-order chi connectivity index (χ1) is 15.2. The maximum absolute atomic E-state index is 5.93. The van der Waals surface area contributed by atoms with Gasteiger partial charge in [0.2, 0.25) is 0 Å². The zero-order valence-electron chi connectivity index (χ0n) is 17.9. The highest BCUT2D eigenvalue weighted by atomic mass is 79.9. The summed E-state index contributed by atoms with van der Waals surface area (Å²) in [5.74, 6) is 4.12. The highest BCUT2D eigenvalue weighted by Crippen LogP contribution is 2.54. The van der Waals surface area contributed by atoms with E-state index in [1.807, 2.05) is 6.07 Å². The largest absolute Gasteiger partial charge is 0.497 e. The van der Waals surface area contributed by atoms with Crippen molar-refractivity contribution in [1.82, 2.24) is 0 Å². The summed E-state index contributed by atoms with van der Waals surface area (Å²) in [4.78, 5) is 0. The van der Waals surface area contributed by atoms with E-state index in [-0.39, 0.29) is 0 Å². The Morgan fingerprint density at radius 1 is 0.806 bits per heavy atom. The molecule has 2 aliphatic carbocycles. The second kappa shape index (κ2) is 8.58. The third-order valence-electron chi connectivity index (χ3n) is 6.84. The Kier molecular flexibility index (Phi) is 5.66. The molecule has 3 aromatic carbocycles. The lowest BCUT2D eigenvalue weighted by atomic mass is 9.67. The molecule has 0 spiro atoms. The van der Waals surface area contributed by atoms with Gasteiger partial charge in [0, 0.05) is 11.2 Å². The van der Waals surface area contributed by atoms with E-state index in [0.29, 0.717) is 24.4 Å². The topological polar surface area (TPSA) is 27.7 Å². The van der Waals surface area contributed by atoms with Gasteiger partial charge in [-0.1, -0.05) is 40.2 Å². The molecule has 0 N–H and O–H groups in total. The number of alkyl halides is 1. The fraction of sp³-hybridized carbons (Fsp3) is 0.333. The van der Waals surface area contributed by atoms with E-state index in [2.05, 4.69) is 70.5 Å². The van der Waals surface area contributed by atoms with Crippen LogP contribution in [0.3, 0.4) is 0 Å². The zero-order chi connectivity index (χ0) is 21.4. The van der Waals surface area contributed by atoms with E-state index in [4.69, 9.17) is 14.2 Å². The van der Waals surface area contributed by atoms with E-state index in [0.717, 1.165) is 35.4 Å². The van der Waals surface area contributed by atoms with Crippen LogP contribution in [0.1, 0.15) is 39.7 Å². The Morgan fingerprint density at radius 2 is 1.61 bits per heavy atom. The van der Waals surface area contributed by atoms with Gasteiger partial charge in [0.1, 0.15) is 17.2 Å². The minimum absolute atomic E-state index is 0.301. The van der Waals surface area contributed by atoms with E-state index in [1.54, 1.807) is 14.2 Å². The molecule has 160 valence electrons. The van der Waals surface area contributed by atoms with Gasteiger partial charge in [-0.25, -0.2) is 0 Å². The van der Waals surface area contributed by atoms with E-state index < -0.39 is 0 Å². The summed E-state index contributed by atoms with van der Waals surface area (Å²) in [6.45, 7) is 0.663. The summed E-state index contributed by atoms with van der Waals surface area (Å²) in [7, 11) is 3.49. The molecule has 0 unspecified atom stereocenters. The van der Waals surface area contributed by atoms with Gasteiger partial charge >= 0.3 is 0 Å². The number of rotatable bonds is 6. The molecule has 0 aromatic heterocycles. The third-order valence-corrected chi connectivity index (χ3v) is 7.16. The molecule has 3 atom stereocenters. The molecule has 0 aliphatic heterocycles. The van der Waals surface area contributed by atoms with Crippen LogP contribution in [0.15, 0.2) is 60.7 Å². The Balaban J connectivity index is 1.61. The van der Waals surface area contributed by atoms with Crippen molar-refractivity contribution in [3.05, 3.63) is 88.5 Å². The molecule has 0 radical (unpaired) electrons. The number of methoxy groups -OCH3 is 2. The van der Waals surface area contributed by atoms with Crippen LogP contribution in [0.25, 0.3) is 0 Å². The first-order valence-corrected chi connectivity index (χ1v) is 12.0. The molecule has 0 saturated heterocycles. The Labute approximate surface area is 192 Å². The van der Waals surface area contributed by atoms with Crippen molar-refractivity contribution >= 4 is 15.9 Å². The molecule has 4 heteroatoms. The van der Waals surface area contributed by atoms with Gasteiger partial charge in [0.25, 0.3) is 0 Å². The first-order valence-electron chi connectivity index (χ1n) is 10.8. The van der Waals surface area contributed by atoms with E-state index >= 15 is 0 Å². The summed E-state index contributed by atoms with van der Waals surface area (Å²) in [6, 6.07) is 21.8. The average molecular weight is 479 g/mol. The maximum Gasteiger partial charge on any atom is 0.119 e. The van der Waals surface area contributed by atoms with Crippen LogP contribution in [0.4, 0.5) is 0 Å². The van der Waals surface area contributed by atoms with Gasteiger partial charge in [0.15, 0.2) is 0 Å². The van der Waals surface area contributed by atoms with Crippen molar-refractivity contribution in [1.29, 1.82) is 0 Å². The minimum Gasteiger partial charge on any atom is -0.497 e. The number of hydrogen-bond acceptors (Lipinski definition) is 3. The average Bonchev–Trinajstić information content (AvgIpc) is 3.17. The minimum atomic E-state index is 0.301. The lowest BCUT2D eigenvalue weighted by Crippen LogP contribution is -2.26. The lowest BCUT2D eigenvalue weighted by Gasteiger charge is -2.37. The molecule has 3 aromatic rings. The molecule has 0 saturated carbocycles. The summed E-state index contributed by atoms with van der Waals surface area (Å²) in [5, 5.41) is 0.822. The zero-order valence-corrected chi connectivity index (χ0v) is 19.5. The van der Waals surface area contributed by atoms with Crippen LogP contribution >= 0.6 is 15.9 Å². The van der Waals surface area contributed by atoms with Crippen molar-refractivity contribution < 1.29 is 14.2 Å². The van der Waals surface area contributed by atoms with Crippen LogP contribution in [-0.2, 0) is 12.8 Å². The van der Waals surface area contributed by atoms with Crippen molar-refractivity contribution in [2.45, 2.75) is 24.7 Å². The standard InChI is InChI=1S/C27H27BrO3/c1-29-20-8-9-23-19(13-20)15-26-25(23)14-17-6-7-21(30-2)16-24(17)27(26)18-4-3-5-22(12-18)31-11-10-28/h3-9,12-13,16,25-27H,10-11,14-15H2,1-2H3/t25-,26+,27+/m0/s1. The van der Waals surface area contributed by atoms with Crippen molar-refractivity contribution in [2.24, 2.45) is 5.92 Å². The molecule has 0 amide bonds. The normalized spacial score (nSPS) is 21.1. The van der Waals surface area contributed by atoms with Gasteiger partial charge in [-0.2, -0.15) is 0 Å². The summed E-state index contributed by atoms with van der Waals surface area (Å²) >= 11 is 3.46. The number of hydrogen-bond donors (Lipinski definition) is 0. The monoisotopic (exact) mass is 478 g/mol. The van der Waals surface area contributed by atoms with Crippen LogP contribution in [0.2, 0.25) is 0 Å². The molecule has 0 bridgehead atoms. The highest BCUT2D eigenvalue weighted by Gasteiger charge is 2.43. The Hall–Kier alpha value is -2.46. The second-order valence-corrected chi connectivity index (χ2v) is 9.19. The third kappa shape index (κ3) is 3.71. The van der Waals surface area contributed by atoms with Gasteiger partial charge in [-0.15, -0.1) is 0 Å². The molecular weight excluding hydrogens is 452 g/mol. The second-order valence-electron chi connectivity index (χ2n) is 8.40. The SMILES string of the molecule is COc1ccc2c(c1)C[C@H]1[C@H](c3cccc(OCCBr)c3)c3cc(OC)ccc3C[C@@H]21. The Bertz CT molecular complexity index is 1090. The first kappa shape index (κ1) is 20.4. The number of benzene rings is 3. The number of halogens is 1. The van der Waals surface area contributed by atoms with Crippen molar-refractivity contribution in [3.63, 3.8) is 0 Å². The van der Waals surface area contributed by atoms with Gasteiger partial charge in [-0.3, -0.25) is 0 Å². The number of ether oxygens (including phenoxy) is 3. The summed E-state index contributed by atoms with van der Waals surface area (Å²) in [5.41, 5.74) is 7.02. The van der Waals surface area contributed by atoms with Gasteiger partial charge in [-0.05, 0) is 88.9 Å². The molecule has 31 heavy (non-hydrogen) atoms. The van der Waals surface area contributed by atoms with Crippen LogP contribution < -0.4 is 14.2 Å². The predicted octanol–water partition coefficient (Wildman–Crippen LogP) is 6.12. The van der Waals surface area contributed by atoms with Gasteiger partial charge in [0.05, 0.1) is 20.8 Å². The van der Waals surface area contributed by atoms with Gasteiger partial charge < -0.3 is 14.2 Å². The predicted molar refractivity (Wildman–Crippen MR) is 127 cm³/mol. The highest BCUT2D eigenvalue weighted by molar-refractivity contribution is 9.09. The fourth-order valence-corrected chi connectivity index (χ4v) is 5.67. The number of fused-ring (bicyclic) bond motifs is 4. The molecule has 5 rings (SSSR count).